The summed E-state index contributed by atoms with van der Waals surface area (Å²) < 4.78 is 0. The number of carboxylic acid groups (broad SMARTS) is 2. The number of carbonyl (C=O) groups is 3. The van der Waals surface area contributed by atoms with E-state index in [1.165, 1.54) is 0 Å². The summed E-state index contributed by atoms with van der Waals surface area (Å²) in [5.74, 6) is -3.85. The van der Waals surface area contributed by atoms with E-state index in [2.05, 4.69) is 0 Å². The molecule has 4 atom stereocenters. The van der Waals surface area contributed by atoms with Crippen LogP contribution < -0.4 is 16.3 Å². The Labute approximate surface area is 121 Å². The molecule has 0 aliphatic carbocycles. The minimum atomic E-state index is -1.86. The molecule has 0 rings (SSSR count). The molecule has 0 aromatic rings. The standard InChI is InChI=1S/C11H21N3O7/c1-5(2)3-6(12)10(17)13-9(11(18)19)7(14(20)21)4-8(15)16/h5-7,9,14,20H,3-4,12H2,1-2H3,(H,13,17)(H,15,16)(H,18,19)/t6-,7-,9-/m1/s1. The Morgan fingerprint density at radius 3 is 2.14 bits per heavy atom. The molecule has 0 radical (unpaired) electrons. The highest BCUT2D eigenvalue weighted by molar-refractivity contribution is 5.87. The predicted octanol–water partition coefficient (Wildman–Crippen LogP) is -2.46. The van der Waals surface area contributed by atoms with E-state index in [0.29, 0.717) is 0 Å². The monoisotopic (exact) mass is 307 g/mol. The minimum absolute atomic E-state index is 0.0864. The summed E-state index contributed by atoms with van der Waals surface area (Å²) in [6, 6.07) is -4.63. The number of carboxylic acids is 2. The number of nitrogens with two attached hydrogens (primary N) is 1. The van der Waals surface area contributed by atoms with Gasteiger partial charge in [-0.05, 0) is 12.3 Å². The lowest BCUT2D eigenvalue weighted by molar-refractivity contribution is -1.07. The summed E-state index contributed by atoms with van der Waals surface area (Å²) in [5.41, 5.74) is 5.58. The summed E-state index contributed by atoms with van der Waals surface area (Å²) in [6.07, 6.45) is -0.638. The zero-order valence-electron chi connectivity index (χ0n) is 11.8. The van der Waals surface area contributed by atoms with Crippen LogP contribution in [0.4, 0.5) is 0 Å². The van der Waals surface area contributed by atoms with Gasteiger partial charge < -0.3 is 26.5 Å². The van der Waals surface area contributed by atoms with Gasteiger partial charge in [0.2, 0.25) is 5.91 Å². The van der Waals surface area contributed by atoms with Crippen LogP contribution in [0.5, 0.6) is 0 Å². The van der Waals surface area contributed by atoms with Crippen molar-refractivity contribution in [3.8, 4) is 0 Å². The van der Waals surface area contributed by atoms with Crippen LogP contribution in [0, 0.1) is 11.1 Å². The minimum Gasteiger partial charge on any atom is -0.600 e. The highest BCUT2D eigenvalue weighted by Crippen LogP contribution is 2.04. The summed E-state index contributed by atoms with van der Waals surface area (Å²) >= 11 is 0. The first-order valence-electron chi connectivity index (χ1n) is 6.29. The van der Waals surface area contributed by atoms with Gasteiger partial charge in [0.05, 0.1) is 6.04 Å². The second-order valence-electron chi connectivity index (χ2n) is 5.10. The zero-order chi connectivity index (χ0) is 16.7. The van der Waals surface area contributed by atoms with Crippen molar-refractivity contribution in [3.63, 3.8) is 0 Å². The van der Waals surface area contributed by atoms with Crippen LogP contribution in [0.1, 0.15) is 26.7 Å². The van der Waals surface area contributed by atoms with Crippen molar-refractivity contribution in [1.82, 2.24) is 5.32 Å². The van der Waals surface area contributed by atoms with E-state index in [9.17, 15) is 19.6 Å². The van der Waals surface area contributed by atoms with Crippen LogP contribution in [0.3, 0.4) is 0 Å². The molecule has 1 unspecified atom stereocenters. The lowest BCUT2D eigenvalue weighted by atomic mass is 10.0. The lowest BCUT2D eigenvalue weighted by Gasteiger charge is -2.29. The van der Waals surface area contributed by atoms with Gasteiger partial charge in [-0.25, -0.2) is 15.2 Å². The van der Waals surface area contributed by atoms with E-state index in [4.69, 9.17) is 21.2 Å². The van der Waals surface area contributed by atoms with Gasteiger partial charge >= 0.3 is 11.9 Å². The fourth-order valence-corrected chi connectivity index (χ4v) is 1.75. The average Bonchev–Trinajstić information content (AvgIpc) is 2.31. The van der Waals surface area contributed by atoms with Gasteiger partial charge in [-0.2, -0.15) is 0 Å². The second kappa shape index (κ2) is 8.52. The molecule has 10 nitrogen and oxygen atoms in total. The summed E-state index contributed by atoms with van der Waals surface area (Å²) in [6.45, 7) is 3.62. The Morgan fingerprint density at radius 1 is 1.29 bits per heavy atom. The van der Waals surface area contributed by atoms with Crippen molar-refractivity contribution in [2.45, 2.75) is 44.8 Å². The third kappa shape index (κ3) is 6.99. The molecule has 0 aliphatic heterocycles. The molecule has 1 amide bonds. The molecule has 0 aromatic heterocycles. The van der Waals surface area contributed by atoms with Gasteiger partial charge in [-0.15, -0.1) is 0 Å². The van der Waals surface area contributed by atoms with E-state index in [1.807, 2.05) is 19.2 Å². The first-order chi connectivity index (χ1) is 9.56. The first kappa shape index (κ1) is 19.2. The predicted molar refractivity (Wildman–Crippen MR) is 69.2 cm³/mol. The number of nitrogens with one attached hydrogen (secondary N) is 2. The van der Waals surface area contributed by atoms with Gasteiger partial charge in [-0.3, -0.25) is 9.59 Å². The number of hydroxylamine groups is 2. The number of hydrogen-bond donors (Lipinski definition) is 6. The Hall–Kier alpha value is -1.75. The van der Waals surface area contributed by atoms with Crippen LogP contribution in [-0.2, 0) is 14.4 Å². The first-order valence-corrected chi connectivity index (χ1v) is 6.29. The van der Waals surface area contributed by atoms with Crippen LogP contribution in [0.25, 0.3) is 0 Å². The Morgan fingerprint density at radius 2 is 1.81 bits per heavy atom. The van der Waals surface area contributed by atoms with E-state index in [1.54, 1.807) is 0 Å². The molecule has 0 spiro atoms. The second-order valence-corrected chi connectivity index (χ2v) is 5.10. The van der Waals surface area contributed by atoms with E-state index in [0.717, 1.165) is 0 Å². The Kier molecular flexibility index (Phi) is 7.81. The molecular weight excluding hydrogens is 286 g/mol. The average molecular weight is 307 g/mol. The van der Waals surface area contributed by atoms with Crippen molar-refractivity contribution >= 4 is 17.8 Å². The topological polar surface area (TPSA) is 177 Å². The van der Waals surface area contributed by atoms with Crippen molar-refractivity contribution in [1.29, 1.82) is 0 Å². The maximum atomic E-state index is 11.8. The Balaban J connectivity index is 5.00. The van der Waals surface area contributed by atoms with Crippen LogP contribution in [-0.4, -0.2) is 51.4 Å². The van der Waals surface area contributed by atoms with Crippen molar-refractivity contribution < 1.29 is 35.0 Å². The summed E-state index contributed by atoms with van der Waals surface area (Å²) in [7, 11) is 0. The zero-order valence-corrected chi connectivity index (χ0v) is 11.8. The largest absolute Gasteiger partial charge is 0.600 e. The number of rotatable bonds is 9. The molecule has 0 fully saturated rings. The molecule has 0 saturated carbocycles. The molecule has 122 valence electrons. The molecule has 0 saturated heterocycles. The number of aliphatic carboxylic acids is 2. The summed E-state index contributed by atoms with van der Waals surface area (Å²) in [4.78, 5) is 33.5. The third-order valence-electron chi connectivity index (χ3n) is 2.74. The quantitative estimate of drug-likeness (QED) is 0.254. The highest BCUT2D eigenvalue weighted by atomic mass is 16.8. The van der Waals surface area contributed by atoms with E-state index in [-0.39, 0.29) is 12.3 Å². The molecular formula is C11H21N3O7. The van der Waals surface area contributed by atoms with Gasteiger partial charge in [0.15, 0.2) is 12.1 Å². The van der Waals surface area contributed by atoms with Gasteiger partial charge in [0, 0.05) is 0 Å². The normalized spacial score (nSPS) is 16.9. The van der Waals surface area contributed by atoms with Crippen LogP contribution >= 0.6 is 0 Å². The Bertz CT molecular complexity index is 386. The lowest BCUT2D eigenvalue weighted by Crippen LogP contribution is -3.11. The molecule has 21 heavy (non-hydrogen) atoms. The van der Waals surface area contributed by atoms with Gasteiger partial charge in [0.1, 0.15) is 6.42 Å². The van der Waals surface area contributed by atoms with E-state index >= 15 is 0 Å². The molecule has 10 heteroatoms. The van der Waals surface area contributed by atoms with Gasteiger partial charge in [0.25, 0.3) is 0 Å². The van der Waals surface area contributed by atoms with Gasteiger partial charge in [-0.1, -0.05) is 13.8 Å². The molecule has 0 aliphatic rings. The molecule has 0 aromatic carbocycles. The van der Waals surface area contributed by atoms with Crippen molar-refractivity contribution in [3.05, 3.63) is 5.21 Å². The van der Waals surface area contributed by atoms with Crippen LogP contribution in [0.15, 0.2) is 0 Å². The van der Waals surface area contributed by atoms with Crippen LogP contribution in [0.2, 0.25) is 0 Å². The number of carbonyl (C=O) groups excluding carboxylic acids is 1. The molecule has 0 heterocycles. The molecule has 7 N–H and O–H groups in total. The van der Waals surface area contributed by atoms with Crippen molar-refractivity contribution in [2.24, 2.45) is 11.7 Å². The smallest absolute Gasteiger partial charge is 0.332 e. The summed E-state index contributed by atoms with van der Waals surface area (Å²) in [5, 5.41) is 37.9. The molecule has 0 bridgehead atoms. The maximum absolute atomic E-state index is 11.8. The highest BCUT2D eigenvalue weighted by Gasteiger charge is 2.37. The number of amides is 1. The fourth-order valence-electron chi connectivity index (χ4n) is 1.75. The van der Waals surface area contributed by atoms with E-state index < -0.39 is 47.6 Å². The third-order valence-corrected chi connectivity index (χ3v) is 2.74. The maximum Gasteiger partial charge on any atom is 0.332 e. The number of quaternary nitrogens is 1. The SMILES string of the molecule is CC(C)C[C@@H](N)C(=O)N[C@@H](C(=O)O)[C@@H](CC(=O)O)[NH+]([O-])O. The number of hydrogen-bond acceptors (Lipinski definition) is 6. The van der Waals surface area contributed by atoms with Crippen molar-refractivity contribution in [2.75, 3.05) is 0 Å². The fraction of sp³-hybridized carbons (Fsp3) is 0.727.